The van der Waals surface area contributed by atoms with Gasteiger partial charge in [-0.15, -0.1) is 0 Å². The molecule has 2 aromatic carbocycles. The Labute approximate surface area is 176 Å². The fourth-order valence-corrected chi connectivity index (χ4v) is 5.36. The Morgan fingerprint density at radius 3 is 2.73 bits per heavy atom. The second-order valence-electron chi connectivity index (χ2n) is 7.93. The number of nitrogens with one attached hydrogen (secondary N) is 1. The lowest BCUT2D eigenvalue weighted by Crippen LogP contribution is -2.43. The zero-order valence-electron chi connectivity index (χ0n) is 17.1. The maximum absolute atomic E-state index is 13.1. The van der Waals surface area contributed by atoms with Gasteiger partial charge in [0.15, 0.2) is 0 Å². The lowest BCUT2D eigenvalue weighted by Gasteiger charge is -2.25. The van der Waals surface area contributed by atoms with E-state index < -0.39 is 10.0 Å². The van der Waals surface area contributed by atoms with E-state index in [1.165, 1.54) is 13.1 Å². The van der Waals surface area contributed by atoms with Crippen LogP contribution in [0.2, 0.25) is 0 Å². The van der Waals surface area contributed by atoms with Gasteiger partial charge in [0.2, 0.25) is 21.8 Å². The molecule has 0 aromatic heterocycles. The Kier molecular flexibility index (Phi) is 5.38. The van der Waals surface area contributed by atoms with Crippen molar-refractivity contribution in [3.63, 3.8) is 0 Å². The number of nitrogens with zero attached hydrogens (tertiary/aromatic N) is 2. The first-order valence-corrected chi connectivity index (χ1v) is 11.5. The molecule has 2 amide bonds. The van der Waals surface area contributed by atoms with Crippen LogP contribution < -0.4 is 10.2 Å². The predicted octanol–water partition coefficient (Wildman–Crippen LogP) is 2.56. The number of sulfonamides is 1. The smallest absolute Gasteiger partial charge is 0.243 e. The third-order valence-electron chi connectivity index (χ3n) is 5.74. The fourth-order valence-electron chi connectivity index (χ4n) is 4.19. The van der Waals surface area contributed by atoms with Crippen LogP contribution >= 0.6 is 0 Å². The molecule has 0 spiro atoms. The summed E-state index contributed by atoms with van der Waals surface area (Å²) >= 11 is 0. The molecule has 7 nitrogen and oxygen atoms in total. The Morgan fingerprint density at radius 2 is 1.93 bits per heavy atom. The van der Waals surface area contributed by atoms with E-state index in [4.69, 9.17) is 0 Å². The number of anilines is 2. The summed E-state index contributed by atoms with van der Waals surface area (Å²) in [6.07, 6.45) is 2.47. The molecule has 8 heteroatoms. The van der Waals surface area contributed by atoms with Crippen LogP contribution in [0.15, 0.2) is 47.4 Å². The molecule has 2 aliphatic rings. The highest BCUT2D eigenvalue weighted by atomic mass is 32.2. The standard InChI is InChI=1S/C22H25N3O4S/c1-15-12-17-6-3-4-8-20(17)25(15)22(27)14-24(2)30(28,29)18-10-11-19-16(13-18)7-5-9-21(26)23-19/h3-4,6,8,10-11,13,15H,5,7,9,12,14H2,1-2H3,(H,23,26). The largest absolute Gasteiger partial charge is 0.326 e. The maximum Gasteiger partial charge on any atom is 0.243 e. The first-order chi connectivity index (χ1) is 14.3. The minimum atomic E-state index is -3.84. The van der Waals surface area contributed by atoms with E-state index in [0.717, 1.165) is 27.5 Å². The van der Waals surface area contributed by atoms with Gasteiger partial charge in [-0.25, -0.2) is 8.42 Å². The summed E-state index contributed by atoms with van der Waals surface area (Å²) in [5.41, 5.74) is 3.39. The molecule has 30 heavy (non-hydrogen) atoms. The van der Waals surface area contributed by atoms with Gasteiger partial charge in [-0.2, -0.15) is 4.31 Å². The Hall–Kier alpha value is -2.71. The molecular weight excluding hydrogens is 402 g/mol. The number of likely N-dealkylation sites (N-methyl/N-ethyl adjacent to an activating group) is 1. The van der Waals surface area contributed by atoms with Gasteiger partial charge < -0.3 is 10.2 Å². The number of fused-ring (bicyclic) bond motifs is 2. The van der Waals surface area contributed by atoms with Crippen LogP contribution in [0.1, 0.15) is 30.9 Å². The Morgan fingerprint density at radius 1 is 1.17 bits per heavy atom. The lowest BCUT2D eigenvalue weighted by molar-refractivity contribution is -0.119. The molecule has 0 fully saturated rings. The van der Waals surface area contributed by atoms with Crippen molar-refractivity contribution >= 4 is 33.2 Å². The van der Waals surface area contributed by atoms with Crippen LogP contribution in [0.25, 0.3) is 0 Å². The second kappa shape index (κ2) is 7.85. The van der Waals surface area contributed by atoms with Crippen molar-refractivity contribution in [1.82, 2.24) is 4.31 Å². The van der Waals surface area contributed by atoms with Crippen molar-refractivity contribution in [1.29, 1.82) is 0 Å². The number of carbonyl (C=O) groups excluding carboxylic acids is 2. The maximum atomic E-state index is 13.1. The van der Waals surface area contributed by atoms with E-state index in [-0.39, 0.29) is 29.3 Å². The van der Waals surface area contributed by atoms with E-state index in [1.807, 2.05) is 31.2 Å². The summed E-state index contributed by atoms with van der Waals surface area (Å²) in [6.45, 7) is 1.72. The number of amides is 2. The molecule has 0 radical (unpaired) electrons. The number of hydrogen-bond donors (Lipinski definition) is 1. The SMILES string of the molecule is CC1Cc2ccccc2N1C(=O)CN(C)S(=O)(=O)c1ccc2c(c1)CCCC(=O)N2. The molecule has 2 aromatic rings. The van der Waals surface area contributed by atoms with Crippen molar-refractivity contribution in [2.24, 2.45) is 0 Å². The average Bonchev–Trinajstić information content (AvgIpc) is 2.92. The van der Waals surface area contributed by atoms with Crippen molar-refractivity contribution < 1.29 is 18.0 Å². The van der Waals surface area contributed by atoms with E-state index >= 15 is 0 Å². The fraction of sp³-hybridized carbons (Fsp3) is 0.364. The summed E-state index contributed by atoms with van der Waals surface area (Å²) < 4.78 is 27.3. The highest BCUT2D eigenvalue weighted by Crippen LogP contribution is 2.32. The van der Waals surface area contributed by atoms with Crippen molar-refractivity contribution in [2.75, 3.05) is 23.8 Å². The van der Waals surface area contributed by atoms with Gasteiger partial charge >= 0.3 is 0 Å². The zero-order valence-corrected chi connectivity index (χ0v) is 17.9. The Balaban J connectivity index is 1.55. The number of para-hydroxylation sites is 1. The molecular formula is C22H25N3O4S. The summed E-state index contributed by atoms with van der Waals surface area (Å²) in [5.74, 6) is -0.312. The lowest BCUT2D eigenvalue weighted by atomic mass is 10.1. The summed E-state index contributed by atoms with van der Waals surface area (Å²) in [4.78, 5) is 26.5. The Bertz CT molecular complexity index is 1110. The highest BCUT2D eigenvalue weighted by molar-refractivity contribution is 7.89. The van der Waals surface area contributed by atoms with Gasteiger partial charge in [0.1, 0.15) is 0 Å². The van der Waals surface area contributed by atoms with E-state index in [0.29, 0.717) is 24.9 Å². The van der Waals surface area contributed by atoms with Gasteiger partial charge in [-0.1, -0.05) is 18.2 Å². The summed E-state index contributed by atoms with van der Waals surface area (Å²) in [6, 6.07) is 12.4. The van der Waals surface area contributed by atoms with E-state index in [1.54, 1.807) is 17.0 Å². The van der Waals surface area contributed by atoms with Crippen LogP contribution in [0.4, 0.5) is 11.4 Å². The van der Waals surface area contributed by atoms with Gasteiger partial charge in [0.05, 0.1) is 11.4 Å². The molecule has 4 rings (SSSR count). The van der Waals surface area contributed by atoms with Crippen molar-refractivity contribution in [3.8, 4) is 0 Å². The summed E-state index contributed by atoms with van der Waals surface area (Å²) in [5, 5.41) is 2.81. The minimum absolute atomic E-state index is 0.0119. The number of benzene rings is 2. The number of rotatable bonds is 4. The number of hydrogen-bond acceptors (Lipinski definition) is 4. The average molecular weight is 428 g/mol. The van der Waals surface area contributed by atoms with Gasteiger partial charge in [-0.3, -0.25) is 9.59 Å². The molecule has 0 aliphatic carbocycles. The third-order valence-corrected chi connectivity index (χ3v) is 7.54. The third kappa shape index (κ3) is 3.73. The van der Waals surface area contributed by atoms with Gasteiger partial charge in [0, 0.05) is 30.9 Å². The molecule has 0 saturated heterocycles. The molecule has 158 valence electrons. The molecule has 0 bridgehead atoms. The monoisotopic (exact) mass is 427 g/mol. The number of aryl methyl sites for hydroxylation is 1. The molecule has 2 aliphatic heterocycles. The summed E-state index contributed by atoms with van der Waals surface area (Å²) in [7, 11) is -2.42. The predicted molar refractivity (Wildman–Crippen MR) is 115 cm³/mol. The van der Waals surface area contributed by atoms with Crippen LogP contribution in [-0.2, 0) is 32.5 Å². The molecule has 2 heterocycles. The van der Waals surface area contributed by atoms with Crippen LogP contribution in [0, 0.1) is 0 Å². The number of carbonyl (C=O) groups is 2. The second-order valence-corrected chi connectivity index (χ2v) is 9.97. The highest BCUT2D eigenvalue weighted by Gasteiger charge is 2.33. The first-order valence-electron chi connectivity index (χ1n) is 10.1. The van der Waals surface area contributed by atoms with E-state index in [2.05, 4.69) is 5.32 Å². The minimum Gasteiger partial charge on any atom is -0.326 e. The molecule has 0 saturated carbocycles. The van der Waals surface area contributed by atoms with Crippen molar-refractivity contribution in [3.05, 3.63) is 53.6 Å². The topological polar surface area (TPSA) is 86.8 Å². The molecule has 1 N–H and O–H groups in total. The van der Waals surface area contributed by atoms with Crippen LogP contribution in [-0.4, -0.2) is 44.2 Å². The molecule has 1 unspecified atom stereocenters. The van der Waals surface area contributed by atoms with Crippen LogP contribution in [0.5, 0.6) is 0 Å². The first kappa shape index (κ1) is 20.6. The quantitative estimate of drug-likeness (QED) is 0.813. The normalized spacial score (nSPS) is 18.6. The molecule has 1 atom stereocenters. The van der Waals surface area contributed by atoms with Crippen molar-refractivity contribution in [2.45, 2.75) is 43.5 Å². The van der Waals surface area contributed by atoms with E-state index in [9.17, 15) is 18.0 Å². The van der Waals surface area contributed by atoms with Gasteiger partial charge in [0.25, 0.3) is 0 Å². The van der Waals surface area contributed by atoms with Gasteiger partial charge in [-0.05, 0) is 61.6 Å². The zero-order chi connectivity index (χ0) is 21.5. The van der Waals surface area contributed by atoms with Crippen LogP contribution in [0.3, 0.4) is 0 Å².